The molecule has 1 saturated carbocycles. The van der Waals surface area contributed by atoms with E-state index in [2.05, 4.69) is 39.8 Å². The summed E-state index contributed by atoms with van der Waals surface area (Å²) in [6.07, 6.45) is 8.85. The Labute approximate surface area is 151 Å². The molecule has 136 valence electrons. The maximum Gasteiger partial charge on any atom is 0.237 e. The molecule has 4 nitrogen and oxygen atoms in total. The zero-order chi connectivity index (χ0) is 17.1. The number of fused-ring (bicyclic) bond motifs is 1. The number of carbonyl (C=O) groups is 1. The standard InChI is InChI=1S/C21H31N3O/c25-21(20-13-18-8-1-2-9-19(18)23-20)22-14-16-6-5-7-17(12-16)15-24-10-3-4-11-24/h5-7,12,18-20,23H,1-4,8-11,13-15H2,(H,22,25). The van der Waals surface area contributed by atoms with Gasteiger partial charge in [0.25, 0.3) is 0 Å². The molecule has 2 heterocycles. The number of nitrogens with zero attached hydrogens (tertiary/aromatic N) is 1. The van der Waals surface area contributed by atoms with E-state index in [9.17, 15) is 4.79 Å². The van der Waals surface area contributed by atoms with E-state index in [-0.39, 0.29) is 11.9 Å². The number of carbonyl (C=O) groups excluding carboxylic acids is 1. The minimum atomic E-state index is 0.0147. The summed E-state index contributed by atoms with van der Waals surface area (Å²) in [7, 11) is 0. The lowest BCUT2D eigenvalue weighted by atomic mass is 9.85. The molecule has 4 rings (SSSR count). The van der Waals surface area contributed by atoms with E-state index in [0.717, 1.165) is 13.0 Å². The van der Waals surface area contributed by atoms with Crippen LogP contribution in [0.25, 0.3) is 0 Å². The third kappa shape index (κ3) is 4.24. The molecule has 1 amide bonds. The van der Waals surface area contributed by atoms with Crippen LogP contribution in [-0.2, 0) is 17.9 Å². The number of amides is 1. The normalized spacial score (nSPS) is 29.5. The average Bonchev–Trinajstić information content (AvgIpc) is 3.29. The molecule has 0 radical (unpaired) electrons. The van der Waals surface area contributed by atoms with Crippen LogP contribution in [0.5, 0.6) is 0 Å². The molecule has 0 spiro atoms. The molecule has 1 aromatic rings. The molecule has 4 heteroatoms. The lowest BCUT2D eigenvalue weighted by Crippen LogP contribution is -2.42. The van der Waals surface area contributed by atoms with Gasteiger partial charge in [-0.3, -0.25) is 9.69 Å². The van der Waals surface area contributed by atoms with Gasteiger partial charge in [-0.05, 0) is 62.2 Å². The summed E-state index contributed by atoms with van der Waals surface area (Å²) in [4.78, 5) is 15.1. The molecule has 3 unspecified atom stereocenters. The van der Waals surface area contributed by atoms with Crippen molar-refractivity contribution in [1.82, 2.24) is 15.5 Å². The highest BCUT2D eigenvalue weighted by Gasteiger charge is 2.37. The summed E-state index contributed by atoms with van der Waals surface area (Å²) in [5.41, 5.74) is 2.57. The van der Waals surface area contributed by atoms with Crippen molar-refractivity contribution in [3.05, 3.63) is 35.4 Å². The molecular weight excluding hydrogens is 310 g/mol. The number of rotatable bonds is 5. The van der Waals surface area contributed by atoms with Crippen LogP contribution in [0.4, 0.5) is 0 Å². The van der Waals surface area contributed by atoms with Gasteiger partial charge in [0, 0.05) is 19.1 Å². The van der Waals surface area contributed by atoms with Crippen LogP contribution in [0.1, 0.15) is 56.1 Å². The van der Waals surface area contributed by atoms with Crippen LogP contribution in [0.2, 0.25) is 0 Å². The Bertz CT molecular complexity index is 583. The molecule has 0 aromatic heterocycles. The van der Waals surface area contributed by atoms with Gasteiger partial charge in [0.05, 0.1) is 6.04 Å². The average molecular weight is 341 g/mol. The monoisotopic (exact) mass is 341 g/mol. The Hall–Kier alpha value is -1.39. The molecular formula is C21H31N3O. The Balaban J connectivity index is 1.28. The van der Waals surface area contributed by atoms with Crippen LogP contribution < -0.4 is 10.6 Å². The van der Waals surface area contributed by atoms with E-state index in [1.807, 2.05) is 0 Å². The number of hydrogen-bond acceptors (Lipinski definition) is 3. The Kier molecular flexibility index (Phi) is 5.37. The lowest BCUT2D eigenvalue weighted by Gasteiger charge is -2.24. The topological polar surface area (TPSA) is 44.4 Å². The number of hydrogen-bond donors (Lipinski definition) is 2. The molecule has 2 N–H and O–H groups in total. The van der Waals surface area contributed by atoms with E-state index in [1.165, 1.54) is 62.7 Å². The summed E-state index contributed by atoms with van der Waals surface area (Å²) in [5, 5.41) is 6.73. The molecule has 1 aromatic carbocycles. The van der Waals surface area contributed by atoms with Gasteiger partial charge in [0.2, 0.25) is 5.91 Å². The fourth-order valence-corrected chi connectivity index (χ4v) is 4.87. The van der Waals surface area contributed by atoms with Crippen LogP contribution in [0.3, 0.4) is 0 Å². The Morgan fingerprint density at radius 1 is 1.12 bits per heavy atom. The maximum absolute atomic E-state index is 12.5. The highest BCUT2D eigenvalue weighted by molar-refractivity contribution is 5.82. The van der Waals surface area contributed by atoms with Crippen LogP contribution in [0.15, 0.2) is 24.3 Å². The molecule has 0 bridgehead atoms. The van der Waals surface area contributed by atoms with E-state index >= 15 is 0 Å². The van der Waals surface area contributed by atoms with Crippen molar-refractivity contribution in [2.75, 3.05) is 13.1 Å². The first-order valence-electron chi connectivity index (χ1n) is 10.1. The summed E-state index contributed by atoms with van der Waals surface area (Å²) < 4.78 is 0. The van der Waals surface area contributed by atoms with Gasteiger partial charge in [-0.2, -0.15) is 0 Å². The highest BCUT2D eigenvalue weighted by atomic mass is 16.2. The van der Waals surface area contributed by atoms with Gasteiger partial charge in [-0.25, -0.2) is 0 Å². The minimum absolute atomic E-state index is 0.0147. The fourth-order valence-electron chi connectivity index (χ4n) is 4.87. The van der Waals surface area contributed by atoms with E-state index in [1.54, 1.807) is 0 Å². The van der Waals surface area contributed by atoms with Crippen molar-refractivity contribution in [3.63, 3.8) is 0 Å². The van der Waals surface area contributed by atoms with Crippen molar-refractivity contribution in [2.45, 2.75) is 70.1 Å². The van der Waals surface area contributed by atoms with Crippen molar-refractivity contribution in [3.8, 4) is 0 Å². The van der Waals surface area contributed by atoms with Gasteiger partial charge in [-0.1, -0.05) is 37.1 Å². The van der Waals surface area contributed by atoms with E-state index in [0.29, 0.717) is 18.5 Å². The Morgan fingerprint density at radius 2 is 1.92 bits per heavy atom. The van der Waals surface area contributed by atoms with Crippen molar-refractivity contribution >= 4 is 5.91 Å². The van der Waals surface area contributed by atoms with Gasteiger partial charge in [0.1, 0.15) is 0 Å². The zero-order valence-electron chi connectivity index (χ0n) is 15.2. The van der Waals surface area contributed by atoms with E-state index < -0.39 is 0 Å². The van der Waals surface area contributed by atoms with E-state index in [4.69, 9.17) is 0 Å². The molecule has 2 saturated heterocycles. The van der Waals surface area contributed by atoms with Crippen LogP contribution in [-0.4, -0.2) is 36.0 Å². The quantitative estimate of drug-likeness (QED) is 0.866. The predicted octanol–water partition coefficient (Wildman–Crippen LogP) is 2.82. The number of likely N-dealkylation sites (tertiary alicyclic amines) is 1. The minimum Gasteiger partial charge on any atom is -0.351 e. The van der Waals surface area contributed by atoms with Crippen molar-refractivity contribution < 1.29 is 4.79 Å². The smallest absolute Gasteiger partial charge is 0.237 e. The first-order valence-corrected chi connectivity index (χ1v) is 10.1. The molecule has 3 aliphatic rings. The molecule has 3 fully saturated rings. The second-order valence-electron chi connectivity index (χ2n) is 8.13. The summed E-state index contributed by atoms with van der Waals surface area (Å²) in [6.45, 7) is 4.11. The fraction of sp³-hybridized carbons (Fsp3) is 0.667. The Morgan fingerprint density at radius 3 is 2.76 bits per heavy atom. The van der Waals surface area contributed by atoms with Crippen LogP contribution in [0, 0.1) is 5.92 Å². The second-order valence-corrected chi connectivity index (χ2v) is 8.13. The summed E-state index contributed by atoms with van der Waals surface area (Å²) in [6, 6.07) is 9.28. The van der Waals surface area contributed by atoms with Gasteiger partial charge >= 0.3 is 0 Å². The summed E-state index contributed by atoms with van der Waals surface area (Å²) >= 11 is 0. The molecule has 2 aliphatic heterocycles. The maximum atomic E-state index is 12.5. The lowest BCUT2D eigenvalue weighted by molar-refractivity contribution is -0.123. The third-order valence-electron chi connectivity index (χ3n) is 6.24. The molecule has 25 heavy (non-hydrogen) atoms. The van der Waals surface area contributed by atoms with Crippen molar-refractivity contribution in [1.29, 1.82) is 0 Å². The van der Waals surface area contributed by atoms with Crippen LogP contribution >= 0.6 is 0 Å². The highest BCUT2D eigenvalue weighted by Crippen LogP contribution is 2.33. The van der Waals surface area contributed by atoms with Gasteiger partial charge in [-0.15, -0.1) is 0 Å². The number of nitrogens with one attached hydrogen (secondary N) is 2. The van der Waals surface area contributed by atoms with Crippen molar-refractivity contribution in [2.24, 2.45) is 5.92 Å². The number of benzene rings is 1. The SMILES string of the molecule is O=C(NCc1cccc(CN2CCCC2)c1)C1CC2CCCCC2N1. The summed E-state index contributed by atoms with van der Waals surface area (Å²) in [5.74, 6) is 0.896. The zero-order valence-corrected chi connectivity index (χ0v) is 15.2. The third-order valence-corrected chi connectivity index (χ3v) is 6.24. The largest absolute Gasteiger partial charge is 0.351 e. The first kappa shape index (κ1) is 17.0. The second kappa shape index (κ2) is 7.88. The molecule has 3 atom stereocenters. The van der Waals surface area contributed by atoms with Gasteiger partial charge in [0.15, 0.2) is 0 Å². The first-order chi connectivity index (χ1) is 12.3. The predicted molar refractivity (Wildman–Crippen MR) is 100 cm³/mol. The molecule has 1 aliphatic carbocycles. The van der Waals surface area contributed by atoms with Gasteiger partial charge < -0.3 is 10.6 Å².